The lowest BCUT2D eigenvalue weighted by Crippen LogP contribution is -2.30. The fourth-order valence-corrected chi connectivity index (χ4v) is 3.75. The molecule has 148 valence electrons. The van der Waals surface area contributed by atoms with Crippen LogP contribution in [0.4, 0.5) is 5.69 Å². The molecule has 1 heterocycles. The monoisotopic (exact) mass is 401 g/mol. The molecule has 1 aliphatic heterocycles. The van der Waals surface area contributed by atoms with Crippen LogP contribution in [0.2, 0.25) is 0 Å². The van der Waals surface area contributed by atoms with Gasteiger partial charge < -0.3 is 4.74 Å². The largest absolute Gasteiger partial charge is 0.375 e. The molecule has 1 amide bonds. The van der Waals surface area contributed by atoms with Gasteiger partial charge in [-0.3, -0.25) is 9.52 Å². The highest BCUT2D eigenvalue weighted by atomic mass is 32.2. The van der Waals surface area contributed by atoms with Crippen molar-refractivity contribution < 1.29 is 17.9 Å². The fourth-order valence-electron chi connectivity index (χ4n) is 3.19. The van der Waals surface area contributed by atoms with Crippen molar-refractivity contribution in [1.29, 1.82) is 0 Å². The topological polar surface area (TPSA) is 88.1 Å². The third kappa shape index (κ3) is 4.76. The fraction of sp³-hybridized carbons (Fsp3) is 0.300. The van der Waals surface area contributed by atoms with Gasteiger partial charge in [0.15, 0.2) is 0 Å². The van der Waals surface area contributed by atoms with E-state index in [1.807, 2.05) is 25.1 Å². The van der Waals surface area contributed by atoms with E-state index in [0.717, 1.165) is 28.7 Å². The Morgan fingerprint density at radius 1 is 1.25 bits per heavy atom. The van der Waals surface area contributed by atoms with Gasteiger partial charge >= 0.3 is 0 Å². The van der Waals surface area contributed by atoms with E-state index in [1.165, 1.54) is 12.1 Å². The molecule has 8 heteroatoms. The minimum atomic E-state index is -3.33. The van der Waals surface area contributed by atoms with Gasteiger partial charge in [0.2, 0.25) is 10.0 Å². The molecule has 0 aromatic heterocycles. The van der Waals surface area contributed by atoms with Gasteiger partial charge in [-0.15, -0.1) is 0 Å². The van der Waals surface area contributed by atoms with E-state index in [9.17, 15) is 13.2 Å². The summed E-state index contributed by atoms with van der Waals surface area (Å²) in [4.78, 5) is 12.5. The molecule has 0 spiro atoms. The number of hydrogen-bond donors (Lipinski definition) is 1. The molecule has 0 bridgehead atoms. The zero-order valence-corrected chi connectivity index (χ0v) is 16.9. The summed E-state index contributed by atoms with van der Waals surface area (Å²) in [5.74, 6) is -0.209. The lowest BCUT2D eigenvalue weighted by molar-refractivity contribution is -0.137. The Bertz CT molecular complexity index is 1000. The molecule has 7 nitrogen and oxygen atoms in total. The van der Waals surface area contributed by atoms with Crippen molar-refractivity contribution in [1.82, 2.24) is 5.01 Å². The van der Waals surface area contributed by atoms with Crippen LogP contribution in [0.1, 0.15) is 29.2 Å². The molecule has 0 aliphatic carbocycles. The Balaban J connectivity index is 1.89. The van der Waals surface area contributed by atoms with Crippen molar-refractivity contribution in [2.24, 2.45) is 5.10 Å². The lowest BCUT2D eigenvalue weighted by Gasteiger charge is -2.22. The average Bonchev–Trinajstić information content (AvgIpc) is 3.07. The van der Waals surface area contributed by atoms with Crippen molar-refractivity contribution in [3.8, 4) is 0 Å². The molecule has 2 aromatic rings. The number of benzene rings is 2. The summed E-state index contributed by atoms with van der Waals surface area (Å²) in [6, 6.07) is 14.8. The number of amides is 1. The molecule has 0 saturated heterocycles. The summed E-state index contributed by atoms with van der Waals surface area (Å²) in [5.41, 5.74) is 4.21. The molecule has 28 heavy (non-hydrogen) atoms. The molecular formula is C20H23N3O4S. The molecule has 1 aliphatic rings. The minimum absolute atomic E-state index is 0.0453. The average molecular weight is 401 g/mol. The van der Waals surface area contributed by atoms with Gasteiger partial charge in [-0.1, -0.05) is 42.0 Å². The maximum Gasteiger partial charge on any atom is 0.269 e. The van der Waals surface area contributed by atoms with Crippen LogP contribution < -0.4 is 4.72 Å². The van der Waals surface area contributed by atoms with Gasteiger partial charge in [0.1, 0.15) is 6.61 Å². The van der Waals surface area contributed by atoms with Crippen molar-refractivity contribution in [2.75, 3.05) is 24.7 Å². The number of anilines is 1. The summed E-state index contributed by atoms with van der Waals surface area (Å²) in [5, 5.41) is 6.03. The third-order valence-electron chi connectivity index (χ3n) is 4.38. The molecule has 1 N–H and O–H groups in total. The number of hydrazone groups is 1. The van der Waals surface area contributed by atoms with Crippen LogP contribution in [0.3, 0.4) is 0 Å². The predicted molar refractivity (Wildman–Crippen MR) is 109 cm³/mol. The molecule has 0 saturated carbocycles. The Morgan fingerprint density at radius 2 is 1.96 bits per heavy atom. The number of sulfonamides is 1. The van der Waals surface area contributed by atoms with Crippen LogP contribution in [0.5, 0.6) is 0 Å². The highest BCUT2D eigenvalue weighted by Crippen LogP contribution is 2.33. The van der Waals surface area contributed by atoms with E-state index in [1.54, 1.807) is 24.3 Å². The number of aryl methyl sites for hydroxylation is 1. The van der Waals surface area contributed by atoms with Crippen molar-refractivity contribution in [3.05, 3.63) is 65.2 Å². The van der Waals surface area contributed by atoms with Crippen molar-refractivity contribution >= 4 is 27.3 Å². The molecule has 2 aromatic carbocycles. The van der Waals surface area contributed by atoms with Gasteiger partial charge in [0.25, 0.3) is 5.91 Å². The Hall–Kier alpha value is -2.71. The highest BCUT2D eigenvalue weighted by Gasteiger charge is 2.33. The quantitative estimate of drug-likeness (QED) is 0.806. The molecule has 3 rings (SSSR count). The Morgan fingerprint density at radius 3 is 2.57 bits per heavy atom. The first-order chi connectivity index (χ1) is 13.3. The summed E-state index contributed by atoms with van der Waals surface area (Å²) < 4.78 is 30.2. The van der Waals surface area contributed by atoms with Crippen molar-refractivity contribution in [2.45, 2.75) is 19.4 Å². The second-order valence-electron chi connectivity index (χ2n) is 6.80. The number of nitrogens with one attached hydrogen (secondary N) is 1. The molecule has 1 atom stereocenters. The van der Waals surface area contributed by atoms with E-state index in [0.29, 0.717) is 12.1 Å². The molecule has 0 unspecified atom stereocenters. The molecule has 0 fully saturated rings. The SMILES string of the molecule is COCC(=O)N1N=C(c2ccc(NS(C)(=O)=O)cc2)C[C@H]1c1cccc(C)c1. The van der Waals surface area contributed by atoms with Crippen LogP contribution in [0.25, 0.3) is 0 Å². The number of rotatable bonds is 6. The summed E-state index contributed by atoms with van der Waals surface area (Å²) in [6.45, 7) is 1.96. The number of hydrogen-bond acceptors (Lipinski definition) is 5. The van der Waals surface area contributed by atoms with E-state index < -0.39 is 10.0 Å². The first-order valence-electron chi connectivity index (χ1n) is 8.80. The number of methoxy groups -OCH3 is 1. The number of carbonyl (C=O) groups is 1. The second kappa shape index (κ2) is 8.12. The minimum Gasteiger partial charge on any atom is -0.375 e. The standard InChI is InChI=1S/C20H23N3O4S/c1-14-5-4-6-16(11-14)19-12-18(21-23(19)20(24)13-27-2)15-7-9-17(10-8-15)22-28(3,25)26/h4-11,19,22H,12-13H2,1-3H3/t19-/m0/s1. The zero-order chi connectivity index (χ0) is 20.3. The number of nitrogens with zero attached hydrogens (tertiary/aromatic N) is 2. The first kappa shape index (κ1) is 20.0. The Kier molecular flexibility index (Phi) is 5.81. The summed E-state index contributed by atoms with van der Waals surface area (Å²) in [7, 11) is -1.85. The second-order valence-corrected chi connectivity index (χ2v) is 8.55. The van der Waals surface area contributed by atoms with Crippen LogP contribution in [0, 0.1) is 6.92 Å². The van der Waals surface area contributed by atoms with Crippen LogP contribution in [-0.2, 0) is 19.6 Å². The van der Waals surface area contributed by atoms with Gasteiger partial charge in [0.05, 0.1) is 18.0 Å². The first-order valence-corrected chi connectivity index (χ1v) is 10.7. The van der Waals surface area contributed by atoms with Crippen LogP contribution in [-0.4, -0.2) is 45.0 Å². The number of ether oxygens (including phenoxy) is 1. The molecular weight excluding hydrogens is 378 g/mol. The third-order valence-corrected chi connectivity index (χ3v) is 4.99. The van der Waals surface area contributed by atoms with Crippen LogP contribution >= 0.6 is 0 Å². The lowest BCUT2D eigenvalue weighted by atomic mass is 9.97. The van der Waals surface area contributed by atoms with E-state index >= 15 is 0 Å². The van der Waals surface area contributed by atoms with Gasteiger partial charge in [0, 0.05) is 19.2 Å². The van der Waals surface area contributed by atoms with Gasteiger partial charge in [-0.05, 0) is 30.2 Å². The smallest absolute Gasteiger partial charge is 0.269 e. The summed E-state index contributed by atoms with van der Waals surface area (Å²) in [6.07, 6.45) is 1.67. The number of carbonyl (C=O) groups excluding carboxylic acids is 1. The van der Waals surface area contributed by atoms with Crippen molar-refractivity contribution in [3.63, 3.8) is 0 Å². The van der Waals surface area contributed by atoms with Gasteiger partial charge in [-0.25, -0.2) is 13.4 Å². The normalized spacial score (nSPS) is 16.8. The predicted octanol–water partition coefficient (Wildman–Crippen LogP) is 2.69. The van der Waals surface area contributed by atoms with Gasteiger partial charge in [-0.2, -0.15) is 5.10 Å². The molecule has 0 radical (unpaired) electrons. The van der Waals surface area contributed by atoms with Crippen LogP contribution in [0.15, 0.2) is 53.6 Å². The zero-order valence-electron chi connectivity index (χ0n) is 16.0. The van der Waals surface area contributed by atoms with E-state index in [-0.39, 0.29) is 18.6 Å². The van der Waals surface area contributed by atoms with E-state index in [4.69, 9.17) is 4.74 Å². The highest BCUT2D eigenvalue weighted by molar-refractivity contribution is 7.92. The summed E-state index contributed by atoms with van der Waals surface area (Å²) >= 11 is 0. The maximum atomic E-state index is 12.5. The van der Waals surface area contributed by atoms with E-state index in [2.05, 4.69) is 15.9 Å². The maximum absolute atomic E-state index is 12.5. The Labute approximate surface area is 165 Å².